The molecular formula is C11H14BrF2N. The Labute approximate surface area is 96.8 Å². The summed E-state index contributed by atoms with van der Waals surface area (Å²) in [5.41, 5.74) is 5.73. The van der Waals surface area contributed by atoms with Crippen LogP contribution < -0.4 is 5.73 Å². The highest BCUT2D eigenvalue weighted by Crippen LogP contribution is 2.27. The fourth-order valence-electron chi connectivity index (χ4n) is 1.45. The molecule has 84 valence electrons. The molecule has 0 amide bonds. The van der Waals surface area contributed by atoms with Gasteiger partial charge in [0.2, 0.25) is 0 Å². The third-order valence-electron chi connectivity index (χ3n) is 2.32. The second-order valence-electron chi connectivity index (χ2n) is 3.51. The molecule has 0 aromatic heterocycles. The van der Waals surface area contributed by atoms with Crippen LogP contribution in [0.4, 0.5) is 8.78 Å². The predicted octanol–water partition coefficient (Wildman–Crippen LogP) is 3.92. The van der Waals surface area contributed by atoms with Crippen LogP contribution in [0.2, 0.25) is 0 Å². The Kier molecular flexibility index (Phi) is 4.67. The Morgan fingerprint density at radius 2 is 2.07 bits per heavy atom. The fraction of sp³-hybridized carbons (Fsp3) is 0.455. The summed E-state index contributed by atoms with van der Waals surface area (Å²) in [6, 6.07) is 2.01. The molecule has 0 radical (unpaired) electrons. The third kappa shape index (κ3) is 2.98. The molecule has 1 rings (SSSR count). The van der Waals surface area contributed by atoms with Gasteiger partial charge < -0.3 is 5.73 Å². The summed E-state index contributed by atoms with van der Waals surface area (Å²) in [4.78, 5) is 0. The van der Waals surface area contributed by atoms with Gasteiger partial charge in [-0.1, -0.05) is 19.8 Å². The van der Waals surface area contributed by atoms with Crippen LogP contribution in [0.3, 0.4) is 0 Å². The van der Waals surface area contributed by atoms with Crippen LogP contribution >= 0.6 is 15.9 Å². The first kappa shape index (κ1) is 12.6. The van der Waals surface area contributed by atoms with Crippen molar-refractivity contribution >= 4 is 15.9 Å². The van der Waals surface area contributed by atoms with E-state index in [-0.39, 0.29) is 10.0 Å². The number of halogens is 3. The molecule has 0 heterocycles. The lowest BCUT2D eigenvalue weighted by Gasteiger charge is -2.14. The van der Waals surface area contributed by atoms with Gasteiger partial charge in [-0.25, -0.2) is 8.78 Å². The van der Waals surface area contributed by atoms with Crippen molar-refractivity contribution in [1.29, 1.82) is 0 Å². The standard InChI is InChI=1S/C11H14BrF2N/c1-2-3-4-9(15)10-8(13)6-5-7(12)11(10)14/h5-6,9H,2-4,15H2,1H3/t9-/m1/s1. The summed E-state index contributed by atoms with van der Waals surface area (Å²) in [7, 11) is 0. The van der Waals surface area contributed by atoms with Crippen molar-refractivity contribution in [3.8, 4) is 0 Å². The first-order chi connectivity index (χ1) is 7.07. The number of benzene rings is 1. The maximum Gasteiger partial charge on any atom is 0.145 e. The van der Waals surface area contributed by atoms with E-state index < -0.39 is 17.7 Å². The minimum absolute atomic E-state index is 0.0159. The van der Waals surface area contributed by atoms with Crippen molar-refractivity contribution in [1.82, 2.24) is 0 Å². The molecule has 0 unspecified atom stereocenters. The smallest absolute Gasteiger partial charge is 0.145 e. The minimum atomic E-state index is -0.585. The molecule has 4 heteroatoms. The van der Waals surface area contributed by atoms with Crippen molar-refractivity contribution in [2.24, 2.45) is 5.73 Å². The largest absolute Gasteiger partial charge is 0.324 e. The first-order valence-electron chi connectivity index (χ1n) is 4.96. The van der Waals surface area contributed by atoms with Crippen molar-refractivity contribution in [3.63, 3.8) is 0 Å². The maximum atomic E-state index is 13.6. The minimum Gasteiger partial charge on any atom is -0.324 e. The summed E-state index contributed by atoms with van der Waals surface area (Å²) in [6.07, 6.45) is 2.43. The molecule has 0 aliphatic rings. The summed E-state index contributed by atoms with van der Waals surface area (Å²) in [5.74, 6) is -1.15. The van der Waals surface area contributed by atoms with Crippen molar-refractivity contribution in [2.75, 3.05) is 0 Å². The maximum absolute atomic E-state index is 13.6. The van der Waals surface area contributed by atoms with Gasteiger partial charge in [0.05, 0.1) is 4.47 Å². The number of nitrogens with two attached hydrogens (primary N) is 1. The summed E-state index contributed by atoms with van der Waals surface area (Å²) in [6.45, 7) is 2.01. The van der Waals surface area contributed by atoms with E-state index in [1.54, 1.807) is 0 Å². The molecule has 0 fully saturated rings. The molecule has 0 aliphatic carbocycles. The Hall–Kier alpha value is -0.480. The molecule has 0 spiro atoms. The monoisotopic (exact) mass is 277 g/mol. The number of unbranched alkanes of at least 4 members (excludes halogenated alkanes) is 1. The molecule has 1 aromatic carbocycles. The van der Waals surface area contributed by atoms with E-state index in [0.717, 1.165) is 12.8 Å². The van der Waals surface area contributed by atoms with E-state index in [9.17, 15) is 8.78 Å². The summed E-state index contributed by atoms with van der Waals surface area (Å²) >= 11 is 3.02. The van der Waals surface area contributed by atoms with Crippen LogP contribution in [-0.2, 0) is 0 Å². The zero-order valence-corrected chi connectivity index (χ0v) is 10.2. The molecule has 0 saturated carbocycles. The van der Waals surface area contributed by atoms with Gasteiger partial charge >= 0.3 is 0 Å². The van der Waals surface area contributed by atoms with Gasteiger partial charge in [-0.3, -0.25) is 0 Å². The van der Waals surface area contributed by atoms with Gasteiger partial charge in [-0.2, -0.15) is 0 Å². The molecule has 0 bridgehead atoms. The lowest BCUT2D eigenvalue weighted by Crippen LogP contribution is -2.14. The van der Waals surface area contributed by atoms with Crippen LogP contribution in [0, 0.1) is 11.6 Å². The van der Waals surface area contributed by atoms with E-state index in [4.69, 9.17) is 5.73 Å². The average Bonchev–Trinajstić information content (AvgIpc) is 2.21. The number of rotatable bonds is 4. The molecular weight excluding hydrogens is 264 g/mol. The van der Waals surface area contributed by atoms with Gasteiger partial charge in [0.15, 0.2) is 0 Å². The molecule has 1 aromatic rings. The number of hydrogen-bond donors (Lipinski definition) is 1. The highest BCUT2D eigenvalue weighted by atomic mass is 79.9. The average molecular weight is 278 g/mol. The molecule has 0 saturated heterocycles. The lowest BCUT2D eigenvalue weighted by molar-refractivity contribution is 0.500. The highest BCUT2D eigenvalue weighted by Gasteiger charge is 2.18. The van der Waals surface area contributed by atoms with E-state index >= 15 is 0 Å². The quantitative estimate of drug-likeness (QED) is 0.830. The van der Waals surface area contributed by atoms with Crippen LogP contribution in [0.5, 0.6) is 0 Å². The second-order valence-corrected chi connectivity index (χ2v) is 4.36. The van der Waals surface area contributed by atoms with E-state index in [1.165, 1.54) is 12.1 Å². The molecule has 0 aliphatic heterocycles. The first-order valence-corrected chi connectivity index (χ1v) is 5.76. The van der Waals surface area contributed by atoms with Crippen molar-refractivity contribution < 1.29 is 8.78 Å². The van der Waals surface area contributed by atoms with Gasteiger partial charge in [0, 0.05) is 11.6 Å². The van der Waals surface area contributed by atoms with Gasteiger partial charge in [0.25, 0.3) is 0 Å². The molecule has 2 N–H and O–H groups in total. The van der Waals surface area contributed by atoms with Crippen molar-refractivity contribution in [2.45, 2.75) is 32.2 Å². The number of hydrogen-bond acceptors (Lipinski definition) is 1. The lowest BCUT2D eigenvalue weighted by atomic mass is 10.0. The second kappa shape index (κ2) is 5.56. The SMILES string of the molecule is CCCC[C@@H](N)c1c(F)ccc(Br)c1F. The van der Waals surface area contributed by atoms with Crippen LogP contribution in [0.25, 0.3) is 0 Å². The van der Waals surface area contributed by atoms with Gasteiger partial charge in [-0.15, -0.1) is 0 Å². The van der Waals surface area contributed by atoms with E-state index in [2.05, 4.69) is 15.9 Å². The Morgan fingerprint density at radius 3 is 2.67 bits per heavy atom. The molecule has 15 heavy (non-hydrogen) atoms. The van der Waals surface area contributed by atoms with E-state index in [1.807, 2.05) is 6.92 Å². The Balaban J connectivity index is 2.96. The normalized spacial score (nSPS) is 12.9. The van der Waals surface area contributed by atoms with E-state index in [0.29, 0.717) is 6.42 Å². The summed E-state index contributed by atoms with van der Waals surface area (Å²) in [5, 5.41) is 0. The predicted molar refractivity (Wildman–Crippen MR) is 60.5 cm³/mol. The highest BCUT2D eigenvalue weighted by molar-refractivity contribution is 9.10. The Morgan fingerprint density at radius 1 is 1.40 bits per heavy atom. The van der Waals surface area contributed by atoms with Gasteiger partial charge in [-0.05, 0) is 34.5 Å². The molecule has 1 nitrogen and oxygen atoms in total. The molecule has 1 atom stereocenters. The van der Waals surface area contributed by atoms with Crippen molar-refractivity contribution in [3.05, 3.63) is 33.8 Å². The van der Waals surface area contributed by atoms with Crippen LogP contribution in [-0.4, -0.2) is 0 Å². The summed E-state index contributed by atoms with van der Waals surface area (Å²) < 4.78 is 27.2. The van der Waals surface area contributed by atoms with Crippen LogP contribution in [0.15, 0.2) is 16.6 Å². The zero-order valence-electron chi connectivity index (χ0n) is 8.56. The third-order valence-corrected chi connectivity index (χ3v) is 2.93. The van der Waals surface area contributed by atoms with Crippen LogP contribution in [0.1, 0.15) is 37.8 Å². The Bertz CT molecular complexity index is 342. The van der Waals surface area contributed by atoms with Gasteiger partial charge in [0.1, 0.15) is 11.6 Å². The fourth-order valence-corrected chi connectivity index (χ4v) is 1.80. The zero-order chi connectivity index (χ0) is 11.4. The topological polar surface area (TPSA) is 26.0 Å².